The first-order valence-corrected chi connectivity index (χ1v) is 9.04. The van der Waals surface area contributed by atoms with E-state index in [9.17, 15) is 4.79 Å². The molecule has 2 aromatic rings. The molecule has 2 N–H and O–H groups in total. The largest absolute Gasteiger partial charge is 0.372 e. The number of pyridine rings is 1. The van der Waals surface area contributed by atoms with E-state index >= 15 is 0 Å². The lowest BCUT2D eigenvalue weighted by atomic mass is 10.2. The van der Waals surface area contributed by atoms with Gasteiger partial charge in [0.15, 0.2) is 0 Å². The maximum absolute atomic E-state index is 12.0. The average molecular weight is 338 g/mol. The van der Waals surface area contributed by atoms with Gasteiger partial charge in [-0.2, -0.15) is 0 Å². The van der Waals surface area contributed by atoms with Crippen molar-refractivity contribution in [3.63, 3.8) is 0 Å². The molecule has 5 nitrogen and oxygen atoms in total. The van der Waals surface area contributed by atoms with Crippen molar-refractivity contribution >= 4 is 23.0 Å². The molecule has 1 aliphatic heterocycles. The van der Waals surface area contributed by atoms with Crippen molar-refractivity contribution in [1.82, 2.24) is 10.3 Å². The van der Waals surface area contributed by atoms with Gasteiger partial charge >= 0.3 is 0 Å². The van der Waals surface area contributed by atoms with Crippen LogP contribution in [0.5, 0.6) is 0 Å². The minimum Gasteiger partial charge on any atom is -0.372 e. The molecule has 3 rings (SSSR count). The third-order valence-corrected chi connectivity index (χ3v) is 4.61. The summed E-state index contributed by atoms with van der Waals surface area (Å²) in [6, 6.07) is 12.2. The number of amides is 1. The second kappa shape index (κ2) is 8.01. The highest BCUT2D eigenvalue weighted by molar-refractivity contribution is 5.92. The Morgan fingerprint density at radius 2 is 1.80 bits per heavy atom. The molecule has 1 saturated heterocycles. The van der Waals surface area contributed by atoms with Crippen molar-refractivity contribution < 1.29 is 4.79 Å². The Balaban J connectivity index is 1.60. The van der Waals surface area contributed by atoms with E-state index in [0.717, 1.165) is 30.9 Å². The molecule has 1 unspecified atom stereocenters. The molecule has 1 aromatic carbocycles. The molecular weight excluding hydrogens is 312 g/mol. The highest BCUT2D eigenvalue weighted by Gasteiger charge is 2.12. The Morgan fingerprint density at radius 3 is 2.40 bits per heavy atom. The number of rotatable bonds is 6. The lowest BCUT2D eigenvalue weighted by Gasteiger charge is -2.18. The van der Waals surface area contributed by atoms with Crippen LogP contribution in [0.1, 0.15) is 43.6 Å². The van der Waals surface area contributed by atoms with Gasteiger partial charge in [-0.05, 0) is 62.6 Å². The van der Waals surface area contributed by atoms with Gasteiger partial charge in [-0.25, -0.2) is 4.98 Å². The number of nitrogens with one attached hydrogen (secondary N) is 2. The van der Waals surface area contributed by atoms with Crippen LogP contribution in [0.2, 0.25) is 0 Å². The Bertz CT molecular complexity index is 691. The van der Waals surface area contributed by atoms with Crippen molar-refractivity contribution in [2.75, 3.05) is 23.3 Å². The third-order valence-electron chi connectivity index (χ3n) is 4.61. The number of anilines is 3. The van der Waals surface area contributed by atoms with E-state index < -0.39 is 0 Å². The molecule has 0 spiro atoms. The van der Waals surface area contributed by atoms with Crippen molar-refractivity contribution in [2.45, 2.75) is 39.2 Å². The minimum absolute atomic E-state index is 0.129. The first-order chi connectivity index (χ1) is 12.2. The smallest absolute Gasteiger partial charge is 0.270 e. The molecule has 1 amide bonds. The zero-order valence-corrected chi connectivity index (χ0v) is 15.0. The zero-order chi connectivity index (χ0) is 17.6. The van der Waals surface area contributed by atoms with Crippen molar-refractivity contribution in [1.29, 1.82) is 0 Å². The van der Waals surface area contributed by atoms with E-state index in [0.29, 0.717) is 5.69 Å². The number of aromatic nitrogens is 1. The quantitative estimate of drug-likeness (QED) is 0.837. The first kappa shape index (κ1) is 17.3. The van der Waals surface area contributed by atoms with Gasteiger partial charge in [0.2, 0.25) is 0 Å². The van der Waals surface area contributed by atoms with Gasteiger partial charge < -0.3 is 15.5 Å². The van der Waals surface area contributed by atoms with Crippen LogP contribution >= 0.6 is 0 Å². The van der Waals surface area contributed by atoms with Crippen LogP contribution in [-0.2, 0) is 0 Å². The van der Waals surface area contributed by atoms with Crippen molar-refractivity contribution in [2.24, 2.45) is 0 Å². The van der Waals surface area contributed by atoms with E-state index in [1.54, 1.807) is 12.3 Å². The van der Waals surface area contributed by atoms with E-state index in [4.69, 9.17) is 0 Å². The fraction of sp³-hybridized carbons (Fsp3) is 0.400. The maximum atomic E-state index is 12.0. The maximum Gasteiger partial charge on any atom is 0.270 e. The summed E-state index contributed by atoms with van der Waals surface area (Å²) in [6.07, 6.45) is 5.16. The van der Waals surface area contributed by atoms with Crippen LogP contribution in [0.4, 0.5) is 17.1 Å². The summed E-state index contributed by atoms with van der Waals surface area (Å²) in [4.78, 5) is 18.7. The number of carbonyl (C=O) groups is 1. The summed E-state index contributed by atoms with van der Waals surface area (Å²) < 4.78 is 0. The summed E-state index contributed by atoms with van der Waals surface area (Å²) in [7, 11) is 0. The summed E-state index contributed by atoms with van der Waals surface area (Å²) in [5, 5.41) is 6.25. The van der Waals surface area contributed by atoms with Crippen LogP contribution in [0.3, 0.4) is 0 Å². The predicted molar refractivity (Wildman–Crippen MR) is 103 cm³/mol. The highest BCUT2D eigenvalue weighted by Crippen LogP contribution is 2.23. The molecule has 25 heavy (non-hydrogen) atoms. The van der Waals surface area contributed by atoms with Crippen LogP contribution in [0.25, 0.3) is 0 Å². The van der Waals surface area contributed by atoms with Gasteiger partial charge in [0.25, 0.3) is 5.91 Å². The molecular formula is C20H26N4O. The number of carbonyl (C=O) groups excluding carboxylic acids is 1. The molecule has 5 heteroatoms. The third kappa shape index (κ3) is 4.50. The first-order valence-electron chi connectivity index (χ1n) is 9.04. The molecule has 2 heterocycles. The molecule has 1 fully saturated rings. The summed E-state index contributed by atoms with van der Waals surface area (Å²) in [6.45, 7) is 6.33. The van der Waals surface area contributed by atoms with Gasteiger partial charge in [-0.3, -0.25) is 4.79 Å². The second-order valence-electron chi connectivity index (χ2n) is 6.58. The Morgan fingerprint density at radius 1 is 1.12 bits per heavy atom. The molecule has 0 bridgehead atoms. The summed E-state index contributed by atoms with van der Waals surface area (Å²) in [5.41, 5.74) is 3.60. The van der Waals surface area contributed by atoms with Crippen LogP contribution in [0.15, 0.2) is 42.6 Å². The fourth-order valence-electron chi connectivity index (χ4n) is 2.90. The van der Waals surface area contributed by atoms with Crippen molar-refractivity contribution in [3.05, 3.63) is 48.3 Å². The molecule has 0 saturated carbocycles. The lowest BCUT2D eigenvalue weighted by Crippen LogP contribution is -2.32. The summed E-state index contributed by atoms with van der Waals surface area (Å²) >= 11 is 0. The molecule has 1 atom stereocenters. The molecule has 1 aromatic heterocycles. The standard InChI is InChI=1S/C20H26N4O/c1-3-15(2)22-20(25)19-11-8-17(14-21-19)23-16-6-9-18(10-7-16)24-12-4-5-13-24/h6-11,14-15,23H,3-5,12-13H2,1-2H3,(H,22,25). The van der Waals surface area contributed by atoms with Crippen molar-refractivity contribution in [3.8, 4) is 0 Å². The van der Waals surface area contributed by atoms with Gasteiger partial charge in [-0.1, -0.05) is 6.92 Å². The number of nitrogens with zero attached hydrogens (tertiary/aromatic N) is 2. The number of hydrogen-bond acceptors (Lipinski definition) is 4. The predicted octanol–water partition coefficient (Wildman–Crippen LogP) is 3.95. The second-order valence-corrected chi connectivity index (χ2v) is 6.58. The van der Waals surface area contributed by atoms with E-state index in [1.807, 2.05) is 19.9 Å². The number of benzene rings is 1. The van der Waals surface area contributed by atoms with E-state index in [-0.39, 0.29) is 11.9 Å². The minimum atomic E-state index is -0.129. The van der Waals surface area contributed by atoms with Gasteiger partial charge in [-0.15, -0.1) is 0 Å². The molecule has 132 valence electrons. The fourth-order valence-corrected chi connectivity index (χ4v) is 2.90. The van der Waals surface area contributed by atoms with E-state index in [2.05, 4.69) is 44.8 Å². The van der Waals surface area contributed by atoms with Gasteiger partial charge in [0.05, 0.1) is 11.9 Å². The molecule has 1 aliphatic rings. The topological polar surface area (TPSA) is 57.3 Å². The monoisotopic (exact) mass is 338 g/mol. The Labute approximate surface area is 149 Å². The van der Waals surface area contributed by atoms with Crippen LogP contribution in [-0.4, -0.2) is 30.0 Å². The Kier molecular flexibility index (Phi) is 5.53. The lowest BCUT2D eigenvalue weighted by molar-refractivity contribution is 0.0934. The van der Waals surface area contributed by atoms with Gasteiger partial charge in [0.1, 0.15) is 5.69 Å². The summed E-state index contributed by atoms with van der Waals surface area (Å²) in [5.74, 6) is -0.129. The number of hydrogen-bond donors (Lipinski definition) is 2. The van der Waals surface area contributed by atoms with Crippen LogP contribution < -0.4 is 15.5 Å². The van der Waals surface area contributed by atoms with E-state index in [1.165, 1.54) is 18.5 Å². The molecule has 0 aliphatic carbocycles. The Hall–Kier alpha value is -2.56. The van der Waals surface area contributed by atoms with Gasteiger partial charge in [0, 0.05) is 30.5 Å². The highest BCUT2D eigenvalue weighted by atomic mass is 16.1. The zero-order valence-electron chi connectivity index (χ0n) is 15.0. The normalized spacial score (nSPS) is 15.0. The average Bonchev–Trinajstić information content (AvgIpc) is 3.17. The SMILES string of the molecule is CCC(C)NC(=O)c1ccc(Nc2ccc(N3CCCC3)cc2)cn1. The van der Waals surface area contributed by atoms with Crippen LogP contribution in [0, 0.1) is 0 Å². The molecule has 0 radical (unpaired) electrons.